The van der Waals surface area contributed by atoms with Crippen molar-refractivity contribution in [2.75, 3.05) is 18.5 Å². The fraction of sp³-hybridized carbons (Fsp3) is 0.400. The number of piperidine rings is 1. The first-order valence-electron chi connectivity index (χ1n) is 7.17. The van der Waals surface area contributed by atoms with Crippen molar-refractivity contribution in [2.24, 2.45) is 0 Å². The van der Waals surface area contributed by atoms with Gasteiger partial charge in [-0.3, -0.25) is 9.59 Å². The van der Waals surface area contributed by atoms with E-state index in [0.717, 1.165) is 12.8 Å². The molecular formula is C15H16N2O5. The molecule has 0 aromatic heterocycles. The molecule has 0 spiro atoms. The summed E-state index contributed by atoms with van der Waals surface area (Å²) in [6.45, 7) is 0.378. The number of carbonyl (C=O) groups excluding carboxylic acids is 2. The first kappa shape index (κ1) is 14.4. The maximum atomic E-state index is 12.6. The third-order valence-corrected chi connectivity index (χ3v) is 3.91. The van der Waals surface area contributed by atoms with Crippen LogP contribution in [0.5, 0.6) is 5.75 Å². The van der Waals surface area contributed by atoms with Crippen LogP contribution in [-0.4, -0.2) is 47.0 Å². The largest absolute Gasteiger partial charge is 0.482 e. The van der Waals surface area contributed by atoms with Crippen molar-refractivity contribution in [3.63, 3.8) is 0 Å². The molecule has 1 aromatic carbocycles. The van der Waals surface area contributed by atoms with E-state index in [2.05, 4.69) is 5.32 Å². The summed E-state index contributed by atoms with van der Waals surface area (Å²) in [5, 5.41) is 11.9. The van der Waals surface area contributed by atoms with Gasteiger partial charge in [-0.1, -0.05) is 0 Å². The zero-order valence-electron chi connectivity index (χ0n) is 11.9. The SMILES string of the molecule is O=C1COc2ccc(C(=O)N3CCCC[C@H]3C(=O)O)cc2N1. The van der Waals surface area contributed by atoms with Crippen molar-refractivity contribution in [3.8, 4) is 5.75 Å². The number of ether oxygens (including phenoxy) is 1. The lowest BCUT2D eigenvalue weighted by molar-refractivity contribution is -0.143. The maximum Gasteiger partial charge on any atom is 0.326 e. The number of aliphatic carboxylic acids is 1. The Balaban J connectivity index is 1.86. The lowest BCUT2D eigenvalue weighted by Gasteiger charge is -2.33. The molecule has 0 bridgehead atoms. The number of hydrogen-bond donors (Lipinski definition) is 2. The van der Waals surface area contributed by atoms with Crippen LogP contribution in [0.3, 0.4) is 0 Å². The summed E-state index contributed by atoms with van der Waals surface area (Å²) in [5.74, 6) is -1.10. The summed E-state index contributed by atoms with van der Waals surface area (Å²) in [4.78, 5) is 36.6. The number of hydrogen-bond acceptors (Lipinski definition) is 4. The van der Waals surface area contributed by atoms with E-state index in [9.17, 15) is 19.5 Å². The molecule has 0 saturated carbocycles. The number of anilines is 1. The van der Waals surface area contributed by atoms with E-state index in [1.165, 1.54) is 11.0 Å². The Hall–Kier alpha value is -2.57. The van der Waals surface area contributed by atoms with Gasteiger partial charge < -0.3 is 20.1 Å². The summed E-state index contributed by atoms with van der Waals surface area (Å²) >= 11 is 0. The van der Waals surface area contributed by atoms with E-state index in [4.69, 9.17) is 4.74 Å². The van der Waals surface area contributed by atoms with Crippen molar-refractivity contribution in [2.45, 2.75) is 25.3 Å². The predicted molar refractivity (Wildman–Crippen MR) is 76.9 cm³/mol. The second-order valence-electron chi connectivity index (χ2n) is 5.40. The van der Waals surface area contributed by atoms with Crippen LogP contribution < -0.4 is 10.1 Å². The molecule has 2 amide bonds. The first-order chi connectivity index (χ1) is 10.6. The molecule has 2 aliphatic heterocycles. The van der Waals surface area contributed by atoms with Crippen LogP contribution in [0.15, 0.2) is 18.2 Å². The third kappa shape index (κ3) is 2.61. The number of likely N-dealkylation sites (tertiary alicyclic amines) is 1. The zero-order valence-corrected chi connectivity index (χ0v) is 11.9. The van der Waals surface area contributed by atoms with Crippen LogP contribution in [-0.2, 0) is 9.59 Å². The summed E-state index contributed by atoms with van der Waals surface area (Å²) in [6, 6.07) is 3.94. The average Bonchev–Trinajstić information content (AvgIpc) is 2.53. The van der Waals surface area contributed by atoms with E-state index >= 15 is 0 Å². The number of carboxylic acids is 1. The Morgan fingerprint density at radius 1 is 1.32 bits per heavy atom. The number of benzene rings is 1. The topological polar surface area (TPSA) is 95.9 Å². The second kappa shape index (κ2) is 5.67. The molecule has 3 rings (SSSR count). The summed E-state index contributed by atoms with van der Waals surface area (Å²) < 4.78 is 5.24. The predicted octanol–water partition coefficient (Wildman–Crippen LogP) is 1.10. The smallest absolute Gasteiger partial charge is 0.326 e. The van der Waals surface area contributed by atoms with Gasteiger partial charge >= 0.3 is 5.97 Å². The van der Waals surface area contributed by atoms with Crippen LogP contribution in [0.1, 0.15) is 29.6 Å². The third-order valence-electron chi connectivity index (χ3n) is 3.91. The van der Waals surface area contributed by atoms with Crippen LogP contribution in [0.25, 0.3) is 0 Å². The molecule has 22 heavy (non-hydrogen) atoms. The van der Waals surface area contributed by atoms with Crippen molar-refractivity contribution >= 4 is 23.5 Å². The monoisotopic (exact) mass is 304 g/mol. The lowest BCUT2D eigenvalue weighted by atomic mass is 10.0. The normalized spacial score (nSPS) is 20.6. The van der Waals surface area contributed by atoms with Crippen LogP contribution in [0.4, 0.5) is 5.69 Å². The second-order valence-corrected chi connectivity index (χ2v) is 5.40. The summed E-state index contributed by atoms with van der Waals surface area (Å²) in [5.41, 5.74) is 0.781. The molecule has 1 saturated heterocycles. The molecule has 1 aromatic rings. The van der Waals surface area contributed by atoms with E-state index in [1.54, 1.807) is 12.1 Å². The van der Waals surface area contributed by atoms with Gasteiger partial charge in [0.1, 0.15) is 11.8 Å². The Bertz CT molecular complexity index is 643. The van der Waals surface area contributed by atoms with Crippen molar-refractivity contribution in [1.82, 2.24) is 4.90 Å². The van der Waals surface area contributed by atoms with E-state index in [1.807, 2.05) is 0 Å². The Labute approximate surface area is 126 Å². The first-order valence-corrected chi connectivity index (χ1v) is 7.17. The molecular weight excluding hydrogens is 288 g/mol. The Kier molecular flexibility index (Phi) is 3.70. The molecule has 2 heterocycles. The van der Waals surface area contributed by atoms with Gasteiger partial charge in [0.2, 0.25) is 0 Å². The maximum absolute atomic E-state index is 12.6. The minimum absolute atomic E-state index is 0.0481. The summed E-state index contributed by atoms with van der Waals surface area (Å²) in [6.07, 6.45) is 2.06. The fourth-order valence-electron chi connectivity index (χ4n) is 2.81. The number of carboxylic acid groups (broad SMARTS) is 1. The molecule has 2 aliphatic rings. The van der Waals surface area contributed by atoms with Gasteiger partial charge in [0.15, 0.2) is 6.61 Å². The average molecular weight is 304 g/mol. The number of amides is 2. The highest BCUT2D eigenvalue weighted by Crippen LogP contribution is 2.29. The molecule has 0 aliphatic carbocycles. The van der Waals surface area contributed by atoms with E-state index in [0.29, 0.717) is 30.0 Å². The van der Waals surface area contributed by atoms with Gasteiger partial charge in [-0.2, -0.15) is 0 Å². The minimum atomic E-state index is -0.984. The fourth-order valence-corrected chi connectivity index (χ4v) is 2.81. The summed E-state index contributed by atoms with van der Waals surface area (Å²) in [7, 11) is 0. The number of carbonyl (C=O) groups is 3. The number of nitrogens with zero attached hydrogens (tertiary/aromatic N) is 1. The number of fused-ring (bicyclic) bond motifs is 1. The highest BCUT2D eigenvalue weighted by Gasteiger charge is 2.32. The minimum Gasteiger partial charge on any atom is -0.482 e. The Morgan fingerprint density at radius 3 is 2.91 bits per heavy atom. The van der Waals surface area contributed by atoms with Crippen molar-refractivity contribution in [1.29, 1.82) is 0 Å². The van der Waals surface area contributed by atoms with Gasteiger partial charge in [-0.25, -0.2) is 4.79 Å². The van der Waals surface area contributed by atoms with Crippen molar-refractivity contribution in [3.05, 3.63) is 23.8 Å². The molecule has 2 N–H and O–H groups in total. The van der Waals surface area contributed by atoms with Gasteiger partial charge in [0, 0.05) is 12.1 Å². The van der Waals surface area contributed by atoms with Crippen molar-refractivity contribution < 1.29 is 24.2 Å². The molecule has 0 unspecified atom stereocenters. The van der Waals surface area contributed by atoms with Gasteiger partial charge in [0.05, 0.1) is 5.69 Å². The van der Waals surface area contributed by atoms with Gasteiger partial charge in [-0.15, -0.1) is 0 Å². The van der Waals surface area contributed by atoms with Gasteiger partial charge in [0.25, 0.3) is 11.8 Å². The standard InChI is InChI=1S/C15H16N2O5/c18-13-8-22-12-5-4-9(7-10(12)16-13)14(19)17-6-2-1-3-11(17)15(20)21/h4-5,7,11H,1-3,6,8H2,(H,16,18)(H,20,21)/t11-/m0/s1. The number of nitrogens with one attached hydrogen (secondary N) is 1. The molecule has 1 atom stereocenters. The lowest BCUT2D eigenvalue weighted by Crippen LogP contribution is -2.48. The Morgan fingerprint density at radius 2 is 2.14 bits per heavy atom. The van der Waals surface area contributed by atoms with E-state index < -0.39 is 12.0 Å². The van der Waals surface area contributed by atoms with Crippen LogP contribution in [0.2, 0.25) is 0 Å². The van der Waals surface area contributed by atoms with Gasteiger partial charge in [-0.05, 0) is 37.5 Å². The molecule has 7 heteroatoms. The van der Waals surface area contributed by atoms with E-state index in [-0.39, 0.29) is 18.4 Å². The molecule has 116 valence electrons. The highest BCUT2D eigenvalue weighted by atomic mass is 16.5. The molecule has 0 radical (unpaired) electrons. The highest BCUT2D eigenvalue weighted by molar-refractivity contribution is 6.01. The molecule has 7 nitrogen and oxygen atoms in total. The zero-order chi connectivity index (χ0) is 15.7. The number of rotatable bonds is 2. The quantitative estimate of drug-likeness (QED) is 0.853. The van der Waals surface area contributed by atoms with Crippen LogP contribution in [0, 0.1) is 0 Å². The van der Waals surface area contributed by atoms with Crippen LogP contribution >= 0.6 is 0 Å². The molecule has 1 fully saturated rings.